The summed E-state index contributed by atoms with van der Waals surface area (Å²) < 4.78 is 6.36. The van der Waals surface area contributed by atoms with E-state index in [4.69, 9.17) is 17.0 Å². The average molecular weight is 414 g/mol. The van der Waals surface area contributed by atoms with Crippen LogP contribution in [-0.4, -0.2) is 34.2 Å². The van der Waals surface area contributed by atoms with Gasteiger partial charge in [-0.2, -0.15) is 0 Å². The van der Waals surface area contributed by atoms with Gasteiger partial charge in [-0.25, -0.2) is 0 Å². The summed E-state index contributed by atoms with van der Waals surface area (Å²) in [5.41, 5.74) is 0.936. The molecule has 0 saturated carbocycles. The van der Waals surface area contributed by atoms with Crippen LogP contribution >= 0.6 is 39.9 Å². The normalized spacial score (nSPS) is 16.3. The van der Waals surface area contributed by atoms with Gasteiger partial charge in [-0.15, -0.1) is 0 Å². The summed E-state index contributed by atoms with van der Waals surface area (Å²) in [6, 6.07) is 7.71. The molecule has 1 saturated heterocycles. The predicted molar refractivity (Wildman–Crippen MR) is 99.9 cm³/mol. The van der Waals surface area contributed by atoms with E-state index in [1.54, 1.807) is 11.8 Å². The molecule has 7 heteroatoms. The molecule has 0 unspecified atom stereocenters. The number of hydrogen-bond acceptors (Lipinski definition) is 5. The smallest absolute Gasteiger partial charge is 0.305 e. The number of benzene rings is 1. The zero-order valence-electron chi connectivity index (χ0n) is 12.6. The molecule has 1 aliphatic rings. The number of thioether (sulfide) groups is 1. The van der Waals surface area contributed by atoms with Gasteiger partial charge in [0.2, 0.25) is 0 Å². The first-order valence-electron chi connectivity index (χ1n) is 7.18. The summed E-state index contributed by atoms with van der Waals surface area (Å²) in [6.07, 6.45) is 2.65. The molecule has 0 spiro atoms. The molecule has 4 nitrogen and oxygen atoms in total. The molecule has 1 aliphatic heterocycles. The first-order valence-corrected chi connectivity index (χ1v) is 9.19. The Bertz CT molecular complexity index is 660. The molecular formula is C16H16BrNO3S2. The molecular weight excluding hydrogens is 398 g/mol. The van der Waals surface area contributed by atoms with E-state index in [-0.39, 0.29) is 18.3 Å². The van der Waals surface area contributed by atoms with E-state index in [1.165, 1.54) is 11.8 Å². The number of esters is 1. The molecule has 0 bridgehead atoms. The molecule has 1 aromatic rings. The third-order valence-electron chi connectivity index (χ3n) is 3.09. The number of amides is 1. The summed E-state index contributed by atoms with van der Waals surface area (Å²) in [4.78, 5) is 25.9. The number of nitrogens with zero attached hydrogens (tertiary/aromatic N) is 1. The van der Waals surface area contributed by atoms with Crippen LogP contribution in [0.25, 0.3) is 6.08 Å². The minimum atomic E-state index is -0.248. The zero-order valence-corrected chi connectivity index (χ0v) is 15.8. The molecule has 0 aliphatic carbocycles. The maximum atomic E-state index is 12.4. The standard InChI is InChI=1S/C16H16BrNO3S2/c1-2-21-14(19)7-4-8-18-15(20)13(23-16(18)22)10-11-5-3-6-12(17)9-11/h3,5-6,9-10H,2,4,7-8H2,1H3/b13-10-. The van der Waals surface area contributed by atoms with E-state index in [0.29, 0.717) is 28.8 Å². The van der Waals surface area contributed by atoms with Crippen molar-refractivity contribution in [2.75, 3.05) is 13.2 Å². The largest absolute Gasteiger partial charge is 0.466 e. The third kappa shape index (κ3) is 5.16. The summed E-state index contributed by atoms with van der Waals surface area (Å²) in [7, 11) is 0. The maximum absolute atomic E-state index is 12.4. The van der Waals surface area contributed by atoms with Crippen LogP contribution in [0, 0.1) is 0 Å². The molecule has 2 rings (SSSR count). The summed E-state index contributed by atoms with van der Waals surface area (Å²) in [5, 5.41) is 0. The first kappa shape index (κ1) is 18.2. The van der Waals surface area contributed by atoms with Gasteiger partial charge in [0.15, 0.2) is 0 Å². The van der Waals surface area contributed by atoms with Gasteiger partial charge in [0.1, 0.15) is 4.32 Å². The highest BCUT2D eigenvalue weighted by Crippen LogP contribution is 2.33. The molecule has 0 radical (unpaired) electrons. The van der Waals surface area contributed by atoms with Crippen LogP contribution in [0.2, 0.25) is 0 Å². The van der Waals surface area contributed by atoms with Crippen LogP contribution in [0.3, 0.4) is 0 Å². The number of hydrogen-bond donors (Lipinski definition) is 0. The van der Waals surface area contributed by atoms with Crippen LogP contribution in [0.15, 0.2) is 33.6 Å². The van der Waals surface area contributed by atoms with Gasteiger partial charge in [0, 0.05) is 17.4 Å². The molecule has 1 heterocycles. The van der Waals surface area contributed by atoms with Crippen molar-refractivity contribution in [3.8, 4) is 0 Å². The Balaban J connectivity index is 1.98. The highest BCUT2D eigenvalue weighted by atomic mass is 79.9. The Kier molecular flexibility index (Phi) is 6.80. The Morgan fingerprint density at radius 1 is 1.48 bits per heavy atom. The fourth-order valence-corrected chi connectivity index (χ4v) is 3.78. The maximum Gasteiger partial charge on any atom is 0.305 e. The second kappa shape index (κ2) is 8.61. The summed E-state index contributed by atoms with van der Waals surface area (Å²) in [5.74, 6) is -0.355. The molecule has 1 fully saturated rings. The van der Waals surface area contributed by atoms with Gasteiger partial charge in [0.25, 0.3) is 5.91 Å². The fourth-order valence-electron chi connectivity index (χ4n) is 2.06. The lowest BCUT2D eigenvalue weighted by molar-refractivity contribution is -0.143. The van der Waals surface area contributed by atoms with Crippen molar-refractivity contribution in [2.24, 2.45) is 0 Å². The van der Waals surface area contributed by atoms with Crippen LogP contribution < -0.4 is 0 Å². The number of rotatable bonds is 6. The Hall–Kier alpha value is -1.18. The molecule has 1 aromatic carbocycles. The lowest BCUT2D eigenvalue weighted by Crippen LogP contribution is -2.29. The van der Waals surface area contributed by atoms with Gasteiger partial charge in [-0.05, 0) is 37.1 Å². The molecule has 0 atom stereocenters. The van der Waals surface area contributed by atoms with Crippen LogP contribution in [0.4, 0.5) is 0 Å². The lowest BCUT2D eigenvalue weighted by atomic mass is 10.2. The predicted octanol–water partition coefficient (Wildman–Crippen LogP) is 3.99. The van der Waals surface area contributed by atoms with Crippen LogP contribution in [-0.2, 0) is 14.3 Å². The minimum absolute atomic E-state index is 0.108. The van der Waals surface area contributed by atoms with Crippen molar-refractivity contribution in [2.45, 2.75) is 19.8 Å². The molecule has 23 heavy (non-hydrogen) atoms. The Labute approximate surface area is 153 Å². The van der Waals surface area contributed by atoms with E-state index in [9.17, 15) is 9.59 Å². The zero-order chi connectivity index (χ0) is 16.8. The van der Waals surface area contributed by atoms with Gasteiger partial charge in [-0.1, -0.05) is 52.0 Å². The van der Waals surface area contributed by atoms with E-state index in [0.717, 1.165) is 10.0 Å². The highest BCUT2D eigenvalue weighted by molar-refractivity contribution is 9.10. The minimum Gasteiger partial charge on any atom is -0.466 e. The van der Waals surface area contributed by atoms with Crippen molar-refractivity contribution >= 4 is 62.2 Å². The fraction of sp³-hybridized carbons (Fsp3) is 0.312. The third-order valence-corrected chi connectivity index (χ3v) is 4.96. The number of halogens is 1. The SMILES string of the molecule is CCOC(=O)CCCN1C(=O)/C(=C/c2cccc(Br)c2)SC1=S. The van der Waals surface area contributed by atoms with E-state index < -0.39 is 0 Å². The van der Waals surface area contributed by atoms with Crippen molar-refractivity contribution < 1.29 is 14.3 Å². The summed E-state index contributed by atoms with van der Waals surface area (Å²) in [6.45, 7) is 2.57. The van der Waals surface area contributed by atoms with Crippen molar-refractivity contribution in [3.05, 3.63) is 39.2 Å². The van der Waals surface area contributed by atoms with E-state index >= 15 is 0 Å². The summed E-state index contributed by atoms with van der Waals surface area (Å²) >= 11 is 9.97. The number of ether oxygens (including phenoxy) is 1. The second-order valence-corrected chi connectivity index (χ2v) is 7.39. The van der Waals surface area contributed by atoms with Crippen LogP contribution in [0.1, 0.15) is 25.3 Å². The van der Waals surface area contributed by atoms with Gasteiger partial charge < -0.3 is 4.74 Å². The molecule has 0 aromatic heterocycles. The number of carbonyl (C=O) groups excluding carboxylic acids is 2. The topological polar surface area (TPSA) is 46.6 Å². The van der Waals surface area contributed by atoms with Crippen molar-refractivity contribution in [1.29, 1.82) is 0 Å². The first-order chi connectivity index (χ1) is 11.0. The average Bonchev–Trinajstić information content (AvgIpc) is 2.75. The van der Waals surface area contributed by atoms with Crippen molar-refractivity contribution in [3.63, 3.8) is 0 Å². The number of thiocarbonyl (C=S) groups is 1. The monoisotopic (exact) mass is 413 g/mol. The molecule has 1 amide bonds. The van der Waals surface area contributed by atoms with Gasteiger partial charge >= 0.3 is 5.97 Å². The van der Waals surface area contributed by atoms with Crippen LogP contribution in [0.5, 0.6) is 0 Å². The quantitative estimate of drug-likeness (QED) is 0.400. The van der Waals surface area contributed by atoms with E-state index in [1.807, 2.05) is 30.3 Å². The molecule has 122 valence electrons. The highest BCUT2D eigenvalue weighted by Gasteiger charge is 2.31. The number of carbonyl (C=O) groups is 2. The van der Waals surface area contributed by atoms with Gasteiger partial charge in [-0.3, -0.25) is 14.5 Å². The van der Waals surface area contributed by atoms with E-state index in [2.05, 4.69) is 15.9 Å². The van der Waals surface area contributed by atoms with Gasteiger partial charge in [0.05, 0.1) is 11.5 Å². The lowest BCUT2D eigenvalue weighted by Gasteiger charge is -2.13. The Morgan fingerprint density at radius 2 is 2.26 bits per heavy atom. The second-order valence-electron chi connectivity index (χ2n) is 4.80. The van der Waals surface area contributed by atoms with Crippen molar-refractivity contribution in [1.82, 2.24) is 4.90 Å². The molecule has 0 N–H and O–H groups in total. The Morgan fingerprint density at radius 3 is 2.96 bits per heavy atom.